The molecule has 0 aliphatic rings. The molecule has 0 amide bonds. The van der Waals surface area contributed by atoms with Crippen LogP contribution in [-0.2, 0) is 9.53 Å². The van der Waals surface area contributed by atoms with Gasteiger partial charge in [0.25, 0.3) is 0 Å². The average Bonchev–Trinajstić information content (AvgIpc) is 1.98. The fourth-order valence-electron chi connectivity index (χ4n) is 0.502. The van der Waals surface area contributed by atoms with E-state index in [0.29, 0.717) is 0 Å². The fraction of sp³-hybridized carbons (Fsp3) is 0.800. The van der Waals surface area contributed by atoms with E-state index >= 15 is 0 Å². The molecule has 0 bridgehead atoms. The molecule has 0 heterocycles. The number of carbonyl (C=O) groups is 1. The van der Waals surface area contributed by atoms with E-state index in [1.54, 1.807) is 13.8 Å². The van der Waals surface area contributed by atoms with E-state index in [1.165, 1.54) is 0 Å². The first-order valence-electron chi connectivity index (χ1n) is 4.32. The predicted octanol–water partition coefficient (Wildman–Crippen LogP) is 1.41. The molecule has 1 radical (unpaired) electrons. The highest BCUT2D eigenvalue weighted by molar-refractivity contribution is 5.76. The number of hydrogen-bond acceptors (Lipinski definition) is 3. The van der Waals surface area contributed by atoms with Crippen molar-refractivity contribution < 1.29 is 14.6 Å². The Labute approximate surface area is 80.1 Å². The molecule has 0 saturated carbocycles. The number of carbonyl (C=O) groups excluding carboxylic acids is 1. The maximum atomic E-state index is 11.3. The SMILES string of the molecule is [CH2]C(C)(C)C(=O)OCC(C)(C)CO. The number of aliphatic hydroxyl groups excluding tert-OH is 1. The average molecular weight is 187 g/mol. The summed E-state index contributed by atoms with van der Waals surface area (Å²) in [5.41, 5.74) is -1.09. The maximum absolute atomic E-state index is 11.3. The quantitative estimate of drug-likeness (QED) is 0.677. The predicted molar refractivity (Wildman–Crippen MR) is 51.0 cm³/mol. The van der Waals surface area contributed by atoms with Crippen LogP contribution in [0.25, 0.3) is 0 Å². The molecule has 0 spiro atoms. The van der Waals surface area contributed by atoms with Gasteiger partial charge in [-0.2, -0.15) is 0 Å². The Morgan fingerprint density at radius 1 is 1.38 bits per heavy atom. The van der Waals surface area contributed by atoms with Gasteiger partial charge in [-0.1, -0.05) is 13.8 Å². The Morgan fingerprint density at radius 2 is 1.85 bits per heavy atom. The lowest BCUT2D eigenvalue weighted by Gasteiger charge is -2.24. The number of hydrogen-bond donors (Lipinski definition) is 1. The summed E-state index contributed by atoms with van der Waals surface area (Å²) in [6.07, 6.45) is 0. The number of ether oxygens (including phenoxy) is 1. The number of aliphatic hydroxyl groups is 1. The molecule has 0 fully saturated rings. The Hall–Kier alpha value is -0.570. The van der Waals surface area contributed by atoms with Crippen LogP contribution in [-0.4, -0.2) is 24.3 Å². The van der Waals surface area contributed by atoms with Crippen LogP contribution in [0.3, 0.4) is 0 Å². The van der Waals surface area contributed by atoms with Gasteiger partial charge in [0, 0.05) is 5.41 Å². The molecule has 13 heavy (non-hydrogen) atoms. The first-order valence-corrected chi connectivity index (χ1v) is 4.32. The van der Waals surface area contributed by atoms with Crippen molar-refractivity contribution in [1.82, 2.24) is 0 Å². The van der Waals surface area contributed by atoms with Gasteiger partial charge in [0.15, 0.2) is 0 Å². The molecule has 3 heteroatoms. The minimum absolute atomic E-state index is 0.00213. The van der Waals surface area contributed by atoms with Crippen LogP contribution in [0, 0.1) is 17.8 Å². The van der Waals surface area contributed by atoms with Gasteiger partial charge in [-0.3, -0.25) is 4.79 Å². The summed E-state index contributed by atoms with van der Waals surface area (Å²) in [6, 6.07) is 0. The molecular formula is C10H19O3. The van der Waals surface area contributed by atoms with Crippen LogP contribution in [0.4, 0.5) is 0 Å². The van der Waals surface area contributed by atoms with E-state index in [1.807, 2.05) is 13.8 Å². The Morgan fingerprint density at radius 3 is 2.15 bits per heavy atom. The zero-order valence-corrected chi connectivity index (χ0v) is 8.89. The molecule has 0 aromatic carbocycles. The summed E-state index contributed by atoms with van der Waals surface area (Å²) in [7, 11) is 0. The van der Waals surface area contributed by atoms with Crippen LogP contribution >= 0.6 is 0 Å². The van der Waals surface area contributed by atoms with Gasteiger partial charge >= 0.3 is 5.97 Å². The maximum Gasteiger partial charge on any atom is 0.311 e. The second-order valence-corrected chi connectivity index (χ2v) is 4.78. The molecule has 0 aliphatic heterocycles. The first kappa shape index (κ1) is 12.4. The lowest BCUT2D eigenvalue weighted by atomic mass is 9.95. The van der Waals surface area contributed by atoms with Gasteiger partial charge in [-0.15, -0.1) is 0 Å². The van der Waals surface area contributed by atoms with Crippen LogP contribution in [0.15, 0.2) is 0 Å². The Bertz CT molecular complexity index is 177. The molecule has 0 aliphatic carbocycles. The minimum atomic E-state index is -0.717. The van der Waals surface area contributed by atoms with Crippen LogP contribution in [0.2, 0.25) is 0 Å². The van der Waals surface area contributed by atoms with Gasteiger partial charge in [0.2, 0.25) is 0 Å². The summed E-state index contributed by atoms with van der Waals surface area (Å²) in [5, 5.41) is 8.90. The van der Waals surface area contributed by atoms with Gasteiger partial charge in [-0.25, -0.2) is 0 Å². The highest BCUT2D eigenvalue weighted by Gasteiger charge is 2.26. The van der Waals surface area contributed by atoms with Crippen molar-refractivity contribution in [3.8, 4) is 0 Å². The summed E-state index contributed by atoms with van der Waals surface area (Å²) >= 11 is 0. The first-order chi connectivity index (χ1) is 5.69. The number of rotatable bonds is 4. The third kappa shape index (κ3) is 4.88. The highest BCUT2D eigenvalue weighted by atomic mass is 16.5. The van der Waals surface area contributed by atoms with Gasteiger partial charge < -0.3 is 9.84 Å². The highest BCUT2D eigenvalue weighted by Crippen LogP contribution is 2.19. The molecule has 0 unspecified atom stereocenters. The summed E-state index contributed by atoms with van der Waals surface area (Å²) in [5.74, 6) is -0.339. The second kappa shape index (κ2) is 4.09. The molecule has 1 N–H and O–H groups in total. The molecule has 0 aromatic rings. The molecule has 0 saturated heterocycles. The van der Waals surface area contributed by atoms with E-state index in [0.717, 1.165) is 0 Å². The minimum Gasteiger partial charge on any atom is -0.465 e. The lowest BCUT2D eigenvalue weighted by molar-refractivity contribution is -0.155. The summed E-state index contributed by atoms with van der Waals surface area (Å²) < 4.78 is 5.00. The largest absolute Gasteiger partial charge is 0.465 e. The van der Waals surface area contributed by atoms with Crippen molar-refractivity contribution in [2.75, 3.05) is 13.2 Å². The second-order valence-electron chi connectivity index (χ2n) is 4.78. The molecular weight excluding hydrogens is 168 g/mol. The van der Waals surface area contributed by atoms with Crippen LogP contribution in [0.5, 0.6) is 0 Å². The van der Waals surface area contributed by atoms with Crippen LogP contribution in [0.1, 0.15) is 27.7 Å². The summed E-state index contributed by atoms with van der Waals surface area (Å²) in [6.45, 7) is 10.9. The van der Waals surface area contributed by atoms with Gasteiger partial charge in [-0.05, 0) is 20.8 Å². The lowest BCUT2D eigenvalue weighted by Crippen LogP contribution is -2.30. The Kier molecular flexibility index (Phi) is 3.91. The van der Waals surface area contributed by atoms with E-state index in [9.17, 15) is 4.79 Å². The van der Waals surface area contributed by atoms with E-state index in [2.05, 4.69) is 6.92 Å². The third-order valence-corrected chi connectivity index (χ3v) is 1.57. The molecule has 0 aromatic heterocycles. The molecule has 3 nitrogen and oxygen atoms in total. The molecule has 77 valence electrons. The number of esters is 1. The zero-order chi connectivity index (χ0) is 10.7. The van der Waals surface area contributed by atoms with Crippen molar-refractivity contribution >= 4 is 5.97 Å². The van der Waals surface area contributed by atoms with Gasteiger partial charge in [0.1, 0.15) is 0 Å². The molecule has 0 rings (SSSR count). The third-order valence-electron chi connectivity index (χ3n) is 1.57. The summed E-state index contributed by atoms with van der Waals surface area (Å²) in [4.78, 5) is 11.3. The van der Waals surface area contributed by atoms with E-state index in [-0.39, 0.29) is 24.6 Å². The van der Waals surface area contributed by atoms with E-state index in [4.69, 9.17) is 9.84 Å². The van der Waals surface area contributed by atoms with Gasteiger partial charge in [0.05, 0.1) is 18.6 Å². The molecule has 0 atom stereocenters. The monoisotopic (exact) mass is 187 g/mol. The smallest absolute Gasteiger partial charge is 0.311 e. The topological polar surface area (TPSA) is 46.5 Å². The van der Waals surface area contributed by atoms with E-state index < -0.39 is 5.41 Å². The normalized spacial score (nSPS) is 12.8. The van der Waals surface area contributed by atoms with Crippen LogP contribution < -0.4 is 0 Å². The van der Waals surface area contributed by atoms with Crippen molar-refractivity contribution in [3.63, 3.8) is 0 Å². The zero-order valence-electron chi connectivity index (χ0n) is 8.89. The fourth-order valence-corrected chi connectivity index (χ4v) is 0.502. The van der Waals surface area contributed by atoms with Crippen molar-refractivity contribution in [1.29, 1.82) is 0 Å². The van der Waals surface area contributed by atoms with Crippen molar-refractivity contribution in [2.24, 2.45) is 10.8 Å². The van der Waals surface area contributed by atoms with Crippen molar-refractivity contribution in [3.05, 3.63) is 6.92 Å². The Balaban J connectivity index is 3.98. The standard InChI is InChI=1S/C10H19O3/c1-9(2,3)8(12)13-7-10(4,5)6-11/h11H,1,6-7H2,2-5H3. The van der Waals surface area contributed by atoms with Crippen molar-refractivity contribution in [2.45, 2.75) is 27.7 Å².